The molecule has 0 saturated carbocycles. The van der Waals surface area contributed by atoms with Crippen LogP contribution in [0.2, 0.25) is 5.02 Å². The number of aliphatic imine (C=N–C) groups is 1. The fraction of sp³-hybridized carbons (Fsp3) is 0.625. The van der Waals surface area contributed by atoms with E-state index in [-0.39, 0.29) is 30.0 Å². The van der Waals surface area contributed by atoms with Gasteiger partial charge in [-0.25, -0.2) is 18.1 Å². The Morgan fingerprint density at radius 3 is 2.78 bits per heavy atom. The number of aromatic nitrogens is 1. The van der Waals surface area contributed by atoms with E-state index in [9.17, 15) is 8.42 Å². The van der Waals surface area contributed by atoms with Gasteiger partial charge in [0.05, 0.1) is 11.3 Å². The Morgan fingerprint density at radius 1 is 1.48 bits per heavy atom. The van der Waals surface area contributed by atoms with E-state index in [4.69, 9.17) is 11.6 Å². The van der Waals surface area contributed by atoms with Crippen molar-refractivity contribution < 1.29 is 8.42 Å². The van der Waals surface area contributed by atoms with Crippen LogP contribution in [0.25, 0.3) is 0 Å². The van der Waals surface area contributed by atoms with Gasteiger partial charge in [0.2, 0.25) is 10.0 Å². The van der Waals surface area contributed by atoms with Crippen molar-refractivity contribution in [3.63, 3.8) is 0 Å². The molecule has 3 N–H and O–H groups in total. The monoisotopic (exact) mass is 530 g/mol. The van der Waals surface area contributed by atoms with Gasteiger partial charge in [-0.3, -0.25) is 4.99 Å². The molecule has 0 bridgehead atoms. The first-order valence-corrected chi connectivity index (χ1v) is 10.7. The minimum absolute atomic E-state index is 0. The number of sulfonamides is 1. The Hall–Kier alpha value is -0.850. The molecule has 0 radical (unpaired) electrons. The lowest BCUT2D eigenvalue weighted by molar-refractivity contribution is 0.445. The maximum Gasteiger partial charge on any atom is 0.209 e. The third kappa shape index (κ3) is 7.96. The largest absolute Gasteiger partial charge is 0.355 e. The van der Waals surface area contributed by atoms with Gasteiger partial charge in [0.25, 0.3) is 0 Å². The molecule has 27 heavy (non-hydrogen) atoms. The van der Waals surface area contributed by atoms with Crippen LogP contribution in [0.4, 0.5) is 5.82 Å². The highest BCUT2D eigenvalue weighted by molar-refractivity contribution is 14.0. The molecule has 2 rings (SSSR count). The van der Waals surface area contributed by atoms with E-state index in [2.05, 4.69) is 30.2 Å². The number of anilines is 1. The number of pyridine rings is 1. The molecule has 0 amide bonds. The third-order valence-corrected chi connectivity index (χ3v) is 5.17. The van der Waals surface area contributed by atoms with Crippen molar-refractivity contribution in [2.75, 3.05) is 37.8 Å². The van der Waals surface area contributed by atoms with Gasteiger partial charge in [0.1, 0.15) is 5.82 Å². The van der Waals surface area contributed by atoms with Crippen LogP contribution in [-0.4, -0.2) is 63.9 Å². The van der Waals surface area contributed by atoms with Crippen molar-refractivity contribution in [2.24, 2.45) is 4.99 Å². The average molecular weight is 531 g/mol. The van der Waals surface area contributed by atoms with Gasteiger partial charge in [0, 0.05) is 44.5 Å². The summed E-state index contributed by atoms with van der Waals surface area (Å²) < 4.78 is 25.5. The second-order valence-corrected chi connectivity index (χ2v) is 9.22. The fourth-order valence-electron chi connectivity index (χ4n) is 2.91. The van der Waals surface area contributed by atoms with Crippen molar-refractivity contribution in [3.05, 3.63) is 23.4 Å². The minimum atomic E-state index is -3.28. The van der Waals surface area contributed by atoms with E-state index in [1.165, 1.54) is 0 Å². The second-order valence-electron chi connectivity index (χ2n) is 7.07. The van der Waals surface area contributed by atoms with Crippen LogP contribution in [0, 0.1) is 0 Å². The van der Waals surface area contributed by atoms with E-state index < -0.39 is 15.6 Å². The molecule has 0 aromatic carbocycles. The van der Waals surface area contributed by atoms with Gasteiger partial charge in [-0.15, -0.1) is 24.0 Å². The normalized spacial score (nSPS) is 18.2. The van der Waals surface area contributed by atoms with Gasteiger partial charge in [-0.2, -0.15) is 0 Å². The molecule has 2 heterocycles. The van der Waals surface area contributed by atoms with Gasteiger partial charge >= 0.3 is 0 Å². The van der Waals surface area contributed by atoms with Crippen molar-refractivity contribution in [1.82, 2.24) is 20.3 Å². The van der Waals surface area contributed by atoms with Crippen molar-refractivity contribution >= 4 is 57.4 Å². The first kappa shape index (κ1) is 24.2. The van der Waals surface area contributed by atoms with E-state index in [1.54, 1.807) is 13.2 Å². The number of guanidine groups is 1. The third-order valence-electron chi connectivity index (χ3n) is 3.95. The molecule has 1 aromatic rings. The highest BCUT2D eigenvalue weighted by Gasteiger charge is 2.26. The van der Waals surface area contributed by atoms with Crippen LogP contribution in [-0.2, 0) is 10.0 Å². The average Bonchev–Trinajstić information content (AvgIpc) is 2.98. The lowest BCUT2D eigenvalue weighted by Gasteiger charge is -2.27. The van der Waals surface area contributed by atoms with E-state index in [1.807, 2.05) is 26.0 Å². The van der Waals surface area contributed by atoms with Crippen LogP contribution in [0.5, 0.6) is 0 Å². The molecule has 1 aliphatic heterocycles. The Morgan fingerprint density at radius 2 is 2.19 bits per heavy atom. The van der Waals surface area contributed by atoms with Gasteiger partial charge in [0.15, 0.2) is 5.96 Å². The zero-order valence-corrected chi connectivity index (χ0v) is 19.9. The summed E-state index contributed by atoms with van der Waals surface area (Å²) in [6.07, 6.45) is 3.82. The predicted octanol–water partition coefficient (Wildman–Crippen LogP) is 1.42. The highest BCUT2D eigenvalue weighted by atomic mass is 127. The Balaban J connectivity index is 0.00000364. The maximum atomic E-state index is 11.4. The smallest absolute Gasteiger partial charge is 0.209 e. The summed E-state index contributed by atoms with van der Waals surface area (Å²) in [5.41, 5.74) is -0.631. The number of nitrogens with one attached hydrogen (secondary N) is 3. The molecule has 0 aliphatic carbocycles. The van der Waals surface area contributed by atoms with E-state index in [0.29, 0.717) is 17.5 Å². The quantitative estimate of drug-likeness (QED) is 0.292. The lowest BCUT2D eigenvalue weighted by atomic mass is 10.1. The zero-order chi connectivity index (χ0) is 19.4. The van der Waals surface area contributed by atoms with E-state index in [0.717, 1.165) is 31.6 Å². The van der Waals surface area contributed by atoms with Crippen molar-refractivity contribution in [2.45, 2.75) is 31.8 Å². The van der Waals surface area contributed by atoms with Crippen LogP contribution in [0.3, 0.4) is 0 Å². The number of nitrogens with zero attached hydrogens (tertiary/aromatic N) is 3. The molecular formula is C16H28ClIN6O2S. The fourth-order valence-corrected chi connectivity index (χ4v) is 4.23. The van der Waals surface area contributed by atoms with Crippen molar-refractivity contribution in [3.8, 4) is 0 Å². The number of halogens is 2. The first-order chi connectivity index (χ1) is 12.1. The summed E-state index contributed by atoms with van der Waals surface area (Å²) in [5.74, 6) is 1.42. The van der Waals surface area contributed by atoms with Crippen LogP contribution >= 0.6 is 35.6 Å². The maximum absolute atomic E-state index is 11.4. The predicted molar refractivity (Wildman–Crippen MR) is 122 cm³/mol. The second kappa shape index (κ2) is 10.1. The molecule has 154 valence electrons. The molecule has 11 heteroatoms. The molecule has 1 saturated heterocycles. The molecule has 0 spiro atoms. The summed E-state index contributed by atoms with van der Waals surface area (Å²) in [7, 11) is -1.59. The van der Waals surface area contributed by atoms with Crippen molar-refractivity contribution in [1.29, 1.82) is 0 Å². The molecule has 8 nitrogen and oxygen atoms in total. The highest BCUT2D eigenvalue weighted by Crippen LogP contribution is 2.25. The molecule has 1 fully saturated rings. The minimum Gasteiger partial charge on any atom is -0.355 e. The lowest BCUT2D eigenvalue weighted by Crippen LogP contribution is -2.54. The summed E-state index contributed by atoms with van der Waals surface area (Å²) in [6, 6.07) is 3.85. The summed E-state index contributed by atoms with van der Waals surface area (Å²) in [4.78, 5) is 10.7. The van der Waals surface area contributed by atoms with Gasteiger partial charge < -0.3 is 15.5 Å². The summed E-state index contributed by atoms with van der Waals surface area (Å²) >= 11 is 6.22. The Labute approximate surface area is 183 Å². The SMILES string of the molecule is CN=C(NCC(C)(C)NS(C)(=O)=O)NC1CCN(c2ncccc2Cl)C1.I. The zero-order valence-electron chi connectivity index (χ0n) is 16.0. The summed E-state index contributed by atoms with van der Waals surface area (Å²) in [5, 5.41) is 7.19. The topological polar surface area (TPSA) is 98.7 Å². The Bertz CT molecular complexity index is 759. The first-order valence-electron chi connectivity index (χ1n) is 8.41. The van der Waals surface area contributed by atoms with Gasteiger partial charge in [-0.05, 0) is 32.4 Å². The van der Waals surface area contributed by atoms with Crippen LogP contribution in [0.15, 0.2) is 23.3 Å². The van der Waals surface area contributed by atoms with Gasteiger partial charge in [-0.1, -0.05) is 11.6 Å². The molecule has 1 aromatic heterocycles. The molecule has 1 atom stereocenters. The molecule has 1 aliphatic rings. The Kier molecular flexibility index (Phi) is 9.03. The number of rotatable bonds is 6. The van der Waals surface area contributed by atoms with Crippen LogP contribution in [0.1, 0.15) is 20.3 Å². The van der Waals surface area contributed by atoms with Crippen LogP contribution < -0.4 is 20.3 Å². The molecular weight excluding hydrogens is 503 g/mol. The van der Waals surface area contributed by atoms with E-state index >= 15 is 0 Å². The standard InChI is InChI=1S/C16H27ClN6O2S.HI/c1-16(2,22-26(4,24)25)11-20-15(18-3)21-12-7-9-23(10-12)14-13(17)6-5-8-19-14;/h5-6,8,12,22H,7,9-11H2,1-4H3,(H2,18,20,21);1H. The summed E-state index contributed by atoms with van der Waals surface area (Å²) in [6.45, 7) is 5.65. The molecule has 1 unspecified atom stereocenters. The number of hydrogen-bond donors (Lipinski definition) is 3. The number of hydrogen-bond acceptors (Lipinski definition) is 5.